The predicted molar refractivity (Wildman–Crippen MR) is 137 cm³/mol. The van der Waals surface area contributed by atoms with Crippen LogP contribution in [0.3, 0.4) is 0 Å². The second kappa shape index (κ2) is 10.1. The van der Waals surface area contributed by atoms with E-state index in [0.29, 0.717) is 17.3 Å². The number of halogens is 1. The second-order valence-electron chi connectivity index (χ2n) is 7.63. The number of carbonyl (C=O) groups excluding carboxylic acids is 1. The van der Waals surface area contributed by atoms with Crippen LogP contribution in [0.5, 0.6) is 11.8 Å². The van der Waals surface area contributed by atoms with E-state index in [1.165, 1.54) is 25.2 Å². The number of nitrogens with two attached hydrogens (primary N) is 2. The van der Waals surface area contributed by atoms with Crippen LogP contribution in [0.15, 0.2) is 53.4 Å². The van der Waals surface area contributed by atoms with Crippen molar-refractivity contribution in [3.8, 4) is 11.8 Å². The van der Waals surface area contributed by atoms with Crippen LogP contribution >= 0.6 is 12.4 Å². The van der Waals surface area contributed by atoms with Crippen LogP contribution in [0.4, 0.5) is 11.4 Å². The molecule has 0 aliphatic heterocycles. The number of aromatic nitrogens is 2. The molecular weight excluding hydrogens is 494 g/mol. The molecule has 0 unspecified atom stereocenters. The highest BCUT2D eigenvalue weighted by atomic mass is 35.5. The zero-order valence-corrected chi connectivity index (χ0v) is 21.0. The summed E-state index contributed by atoms with van der Waals surface area (Å²) >= 11 is 0. The van der Waals surface area contributed by atoms with Crippen molar-refractivity contribution in [3.63, 3.8) is 0 Å². The van der Waals surface area contributed by atoms with Crippen LogP contribution in [-0.4, -0.2) is 44.6 Å². The third-order valence-corrected chi connectivity index (χ3v) is 6.53. The molecule has 0 fully saturated rings. The molecule has 0 atom stereocenters. The van der Waals surface area contributed by atoms with E-state index in [1.54, 1.807) is 30.3 Å². The van der Waals surface area contributed by atoms with Crippen molar-refractivity contribution in [2.75, 3.05) is 25.7 Å². The number of ether oxygens (including phenoxy) is 2. The lowest BCUT2D eigenvalue weighted by Crippen LogP contribution is -2.28. The van der Waals surface area contributed by atoms with Gasteiger partial charge in [-0.2, -0.15) is 4.98 Å². The number of hydrogen-bond acceptors (Lipinski definition) is 7. The van der Waals surface area contributed by atoms with Gasteiger partial charge in [0.2, 0.25) is 27.7 Å². The maximum Gasteiger partial charge on any atom is 0.241 e. The number of aryl methyl sites for hydroxylation is 1. The summed E-state index contributed by atoms with van der Waals surface area (Å²) in [4.78, 5) is 19.0. The Morgan fingerprint density at radius 1 is 1.03 bits per heavy atom. The molecule has 4 rings (SSSR count). The van der Waals surface area contributed by atoms with Crippen molar-refractivity contribution in [2.45, 2.75) is 11.3 Å². The quantitative estimate of drug-likeness (QED) is 0.382. The number of amides is 1. The average Bonchev–Trinajstić information content (AvgIpc) is 3.10. The van der Waals surface area contributed by atoms with E-state index in [0.717, 1.165) is 21.8 Å². The third kappa shape index (κ3) is 4.76. The summed E-state index contributed by atoms with van der Waals surface area (Å²) in [6.45, 7) is 0.174. The fourth-order valence-electron chi connectivity index (χ4n) is 4.00. The second-order valence-corrected chi connectivity index (χ2v) is 9.20. The highest BCUT2D eigenvalue weighted by Crippen LogP contribution is 2.38. The van der Waals surface area contributed by atoms with Crippen LogP contribution in [0.1, 0.15) is 6.42 Å². The summed E-state index contributed by atoms with van der Waals surface area (Å²) in [5.41, 5.74) is 8.31. The Morgan fingerprint density at radius 3 is 2.40 bits per heavy atom. The molecule has 0 aliphatic carbocycles. The van der Waals surface area contributed by atoms with Crippen LogP contribution in [0.25, 0.3) is 21.8 Å². The lowest BCUT2D eigenvalue weighted by molar-refractivity contribution is -0.117. The fraction of sp³-hybridized carbons (Fsp3) is 0.217. The fourth-order valence-corrected chi connectivity index (χ4v) is 4.54. The summed E-state index contributed by atoms with van der Waals surface area (Å²) in [5, 5.41) is 6.87. The largest absolute Gasteiger partial charge is 0.481 e. The number of fused-ring (bicyclic) bond motifs is 3. The molecule has 10 nitrogen and oxygen atoms in total. The highest BCUT2D eigenvalue weighted by molar-refractivity contribution is 7.89. The maximum absolute atomic E-state index is 13.2. The number of pyridine rings is 1. The SMILES string of the molecule is COc1ccc(N(C(=O)CCN)c2ccc3c4cc(S(N)(=O)=O)ccc4n(C)c3c2)c(OC)n1.Cl. The van der Waals surface area contributed by atoms with Gasteiger partial charge in [-0.1, -0.05) is 6.07 Å². The Kier molecular flexibility index (Phi) is 7.56. The van der Waals surface area contributed by atoms with Crippen LogP contribution in [0, 0.1) is 0 Å². The first-order valence-corrected chi connectivity index (χ1v) is 11.9. The van der Waals surface area contributed by atoms with Gasteiger partial charge in [-0.25, -0.2) is 13.6 Å². The summed E-state index contributed by atoms with van der Waals surface area (Å²) in [7, 11) is 0.980. The maximum atomic E-state index is 13.2. The molecule has 0 radical (unpaired) electrons. The number of anilines is 2. The first-order valence-electron chi connectivity index (χ1n) is 10.4. The van der Waals surface area contributed by atoms with Gasteiger partial charge in [-0.05, 0) is 36.4 Å². The molecule has 0 saturated carbocycles. The van der Waals surface area contributed by atoms with Gasteiger partial charge in [0, 0.05) is 42.4 Å². The zero-order chi connectivity index (χ0) is 24.6. The molecule has 12 heteroatoms. The normalized spacial score (nSPS) is 11.3. The van der Waals surface area contributed by atoms with Gasteiger partial charge in [0.25, 0.3) is 0 Å². The number of nitrogens with zero attached hydrogens (tertiary/aromatic N) is 3. The van der Waals surface area contributed by atoms with Gasteiger partial charge in [0.15, 0.2) is 0 Å². The van der Waals surface area contributed by atoms with Gasteiger partial charge < -0.3 is 19.8 Å². The predicted octanol–water partition coefficient (Wildman–Crippen LogP) is 2.83. The summed E-state index contributed by atoms with van der Waals surface area (Å²) < 4.78 is 36.2. The number of primary sulfonamides is 1. The van der Waals surface area contributed by atoms with Crippen LogP contribution in [-0.2, 0) is 21.9 Å². The summed E-state index contributed by atoms with van der Waals surface area (Å²) in [6.07, 6.45) is 0.111. The van der Waals surface area contributed by atoms with E-state index in [9.17, 15) is 13.2 Å². The van der Waals surface area contributed by atoms with Crippen LogP contribution in [0.2, 0.25) is 0 Å². The summed E-state index contributed by atoms with van der Waals surface area (Å²) in [6, 6.07) is 13.6. The number of methoxy groups -OCH3 is 2. The molecule has 4 aromatic rings. The smallest absolute Gasteiger partial charge is 0.241 e. The van der Waals surface area contributed by atoms with E-state index < -0.39 is 10.0 Å². The van der Waals surface area contributed by atoms with Crippen molar-refractivity contribution in [1.29, 1.82) is 0 Å². The molecule has 0 bridgehead atoms. The van der Waals surface area contributed by atoms with Crippen molar-refractivity contribution in [1.82, 2.24) is 9.55 Å². The molecule has 1 amide bonds. The Hall–Kier alpha value is -3.38. The molecule has 2 heterocycles. The van der Waals surface area contributed by atoms with E-state index in [4.69, 9.17) is 20.3 Å². The number of sulfonamides is 1. The molecule has 0 aliphatic rings. The molecule has 4 N–H and O–H groups in total. The highest BCUT2D eigenvalue weighted by Gasteiger charge is 2.24. The molecule has 2 aromatic carbocycles. The van der Waals surface area contributed by atoms with Gasteiger partial charge >= 0.3 is 0 Å². The van der Waals surface area contributed by atoms with Gasteiger partial charge in [-0.3, -0.25) is 9.69 Å². The number of carbonyl (C=O) groups is 1. The van der Waals surface area contributed by atoms with E-state index >= 15 is 0 Å². The van der Waals surface area contributed by atoms with Crippen molar-refractivity contribution < 1.29 is 22.7 Å². The average molecular weight is 520 g/mol. The number of hydrogen-bond donors (Lipinski definition) is 2. The monoisotopic (exact) mass is 519 g/mol. The molecule has 186 valence electrons. The van der Waals surface area contributed by atoms with Crippen molar-refractivity contribution in [2.24, 2.45) is 17.9 Å². The molecule has 0 saturated heterocycles. The van der Waals surface area contributed by atoms with E-state index in [2.05, 4.69) is 4.98 Å². The first-order chi connectivity index (χ1) is 16.2. The first kappa shape index (κ1) is 26.2. The van der Waals surface area contributed by atoms with Crippen LogP contribution < -0.4 is 25.2 Å². The zero-order valence-electron chi connectivity index (χ0n) is 19.4. The summed E-state index contributed by atoms with van der Waals surface area (Å²) in [5.74, 6) is 0.337. The topological polar surface area (TPSA) is 143 Å². The van der Waals surface area contributed by atoms with Gasteiger partial charge in [-0.15, -0.1) is 12.4 Å². The molecule has 0 spiro atoms. The van der Waals surface area contributed by atoms with Crippen molar-refractivity contribution >= 4 is 61.5 Å². The number of benzene rings is 2. The Balaban J connectivity index is 0.00000342. The van der Waals surface area contributed by atoms with Gasteiger partial charge in [0.05, 0.1) is 30.3 Å². The lowest BCUT2D eigenvalue weighted by Gasteiger charge is -2.24. The van der Waals surface area contributed by atoms with E-state index in [-0.39, 0.29) is 42.1 Å². The Bertz CT molecular complexity index is 1520. The molecule has 2 aromatic heterocycles. The van der Waals surface area contributed by atoms with Crippen molar-refractivity contribution in [3.05, 3.63) is 48.5 Å². The lowest BCUT2D eigenvalue weighted by atomic mass is 10.1. The minimum absolute atomic E-state index is 0. The van der Waals surface area contributed by atoms with Gasteiger partial charge in [0.1, 0.15) is 5.69 Å². The molecular formula is C23H26ClN5O5S. The third-order valence-electron chi connectivity index (χ3n) is 5.61. The minimum atomic E-state index is -3.85. The number of rotatable bonds is 7. The minimum Gasteiger partial charge on any atom is -0.481 e. The van der Waals surface area contributed by atoms with E-state index in [1.807, 2.05) is 23.7 Å². The Morgan fingerprint density at radius 2 is 1.77 bits per heavy atom. The molecule has 35 heavy (non-hydrogen) atoms. The Labute approximate surface area is 208 Å². The standard InChI is InChI=1S/C23H25N5O5S.ClH/c1-27-18-7-5-15(34(25,30)31)13-17(18)16-6-4-14(12-20(16)27)28(22(29)10-11-24)19-8-9-21(32-2)26-23(19)33-3;/h4-9,12-13H,10-11,24H2,1-3H3,(H2,25,30,31);1H.